The van der Waals surface area contributed by atoms with Gasteiger partial charge < -0.3 is 10.8 Å². The van der Waals surface area contributed by atoms with E-state index < -0.39 is 27.6 Å². The summed E-state index contributed by atoms with van der Waals surface area (Å²) in [6.07, 6.45) is 1.16. The molecule has 1 heterocycles. The lowest BCUT2D eigenvalue weighted by Gasteiger charge is -2.41. The van der Waals surface area contributed by atoms with E-state index >= 15 is 0 Å². The molecule has 0 unspecified atom stereocenters. The standard InChI is InChI=1S/C10H21N3O4S.ClH/c1-10(2,11)8(9(14)15)12-4-6-13(7-5-12)18(3,16)17;/h8H,4-7,11H2,1-3H3,(H,14,15);1H/t8-;/m1./s1. The summed E-state index contributed by atoms with van der Waals surface area (Å²) in [5, 5.41) is 9.23. The van der Waals surface area contributed by atoms with Crippen molar-refractivity contribution in [3.05, 3.63) is 0 Å². The summed E-state index contributed by atoms with van der Waals surface area (Å²) >= 11 is 0. The van der Waals surface area contributed by atoms with Crippen LogP contribution in [0.4, 0.5) is 0 Å². The molecule has 0 aromatic heterocycles. The fraction of sp³-hybridized carbons (Fsp3) is 0.900. The molecular formula is C10H22ClN3O4S. The van der Waals surface area contributed by atoms with Crippen LogP contribution in [0.2, 0.25) is 0 Å². The number of halogens is 1. The highest BCUT2D eigenvalue weighted by Gasteiger charge is 2.39. The number of hydrogen-bond acceptors (Lipinski definition) is 5. The molecule has 9 heteroatoms. The fourth-order valence-corrected chi connectivity index (χ4v) is 3.06. The van der Waals surface area contributed by atoms with E-state index in [1.54, 1.807) is 18.7 Å². The third-order valence-corrected chi connectivity index (χ3v) is 4.35. The largest absolute Gasteiger partial charge is 0.480 e. The minimum absolute atomic E-state index is 0. The number of piperazine rings is 1. The van der Waals surface area contributed by atoms with E-state index in [2.05, 4.69) is 0 Å². The molecule has 1 aliphatic heterocycles. The maximum atomic E-state index is 11.4. The monoisotopic (exact) mass is 315 g/mol. The lowest BCUT2D eigenvalue weighted by molar-refractivity contribution is -0.146. The van der Waals surface area contributed by atoms with Crippen LogP contribution in [0.25, 0.3) is 0 Å². The molecule has 1 saturated heterocycles. The van der Waals surface area contributed by atoms with Crippen LogP contribution in [0.5, 0.6) is 0 Å². The quantitative estimate of drug-likeness (QED) is 0.702. The van der Waals surface area contributed by atoms with Gasteiger partial charge in [-0.1, -0.05) is 0 Å². The second-order valence-electron chi connectivity index (χ2n) is 5.26. The van der Waals surface area contributed by atoms with Gasteiger partial charge in [-0.2, -0.15) is 4.31 Å². The Bertz CT molecular complexity index is 413. The van der Waals surface area contributed by atoms with Crippen molar-refractivity contribution in [1.29, 1.82) is 0 Å². The summed E-state index contributed by atoms with van der Waals surface area (Å²) in [4.78, 5) is 13.0. The van der Waals surface area contributed by atoms with Crippen LogP contribution < -0.4 is 5.73 Å². The first-order valence-electron chi connectivity index (χ1n) is 5.74. The Balaban J connectivity index is 0.00000324. The summed E-state index contributed by atoms with van der Waals surface area (Å²) in [6, 6.07) is -0.806. The Labute approximate surface area is 120 Å². The number of aliphatic carboxylic acids is 1. The third kappa shape index (κ3) is 4.88. The lowest BCUT2D eigenvalue weighted by Crippen LogP contribution is -2.63. The number of nitrogens with zero attached hydrogens (tertiary/aromatic N) is 2. The van der Waals surface area contributed by atoms with Crippen molar-refractivity contribution in [2.45, 2.75) is 25.4 Å². The maximum absolute atomic E-state index is 11.4. The zero-order chi connectivity index (χ0) is 14.1. The molecule has 3 N–H and O–H groups in total. The summed E-state index contributed by atoms with van der Waals surface area (Å²) in [5.41, 5.74) is 5.00. The summed E-state index contributed by atoms with van der Waals surface area (Å²) in [6.45, 7) is 4.69. The van der Waals surface area contributed by atoms with Crippen LogP contribution in [0.3, 0.4) is 0 Å². The van der Waals surface area contributed by atoms with Crippen LogP contribution in [0.1, 0.15) is 13.8 Å². The highest BCUT2D eigenvalue weighted by atomic mass is 35.5. The fourth-order valence-electron chi connectivity index (χ4n) is 2.24. The first-order chi connectivity index (χ1) is 8.03. The van der Waals surface area contributed by atoms with Gasteiger partial charge in [-0.15, -0.1) is 12.4 Å². The number of nitrogens with two attached hydrogens (primary N) is 1. The Hall–Kier alpha value is -0.410. The predicted molar refractivity (Wildman–Crippen MR) is 74.9 cm³/mol. The third-order valence-electron chi connectivity index (χ3n) is 3.05. The van der Waals surface area contributed by atoms with Crippen LogP contribution in [0.15, 0.2) is 0 Å². The number of carboxylic acid groups (broad SMARTS) is 1. The van der Waals surface area contributed by atoms with Gasteiger partial charge in [0.2, 0.25) is 10.0 Å². The van der Waals surface area contributed by atoms with Crippen LogP contribution in [-0.4, -0.2) is 72.7 Å². The second kappa shape index (κ2) is 6.36. The normalized spacial score (nSPS) is 20.6. The van der Waals surface area contributed by atoms with Gasteiger partial charge in [0, 0.05) is 31.7 Å². The number of carboxylic acids is 1. The van der Waals surface area contributed by atoms with Crippen molar-refractivity contribution < 1.29 is 18.3 Å². The van der Waals surface area contributed by atoms with Crippen LogP contribution >= 0.6 is 12.4 Å². The summed E-state index contributed by atoms with van der Waals surface area (Å²) in [7, 11) is -3.20. The topological polar surface area (TPSA) is 104 Å². The molecule has 1 fully saturated rings. The second-order valence-corrected chi connectivity index (χ2v) is 7.24. The van der Waals surface area contributed by atoms with Gasteiger partial charge in [-0.3, -0.25) is 9.69 Å². The van der Waals surface area contributed by atoms with Crippen molar-refractivity contribution >= 4 is 28.4 Å². The van der Waals surface area contributed by atoms with E-state index in [1.165, 1.54) is 4.31 Å². The maximum Gasteiger partial charge on any atom is 0.322 e. The van der Waals surface area contributed by atoms with Crippen LogP contribution in [-0.2, 0) is 14.8 Å². The average molecular weight is 316 g/mol. The molecule has 1 rings (SSSR count). The molecule has 0 aromatic rings. The first-order valence-corrected chi connectivity index (χ1v) is 7.59. The predicted octanol–water partition coefficient (Wildman–Crippen LogP) is -0.824. The summed E-state index contributed by atoms with van der Waals surface area (Å²) in [5.74, 6) is -0.977. The molecule has 1 atom stereocenters. The zero-order valence-corrected chi connectivity index (χ0v) is 13.0. The highest BCUT2D eigenvalue weighted by Crippen LogP contribution is 2.17. The SMILES string of the molecule is CC(C)(N)[C@@H](C(=O)O)N1CCN(S(C)(=O)=O)CC1.Cl. The van der Waals surface area contributed by atoms with Gasteiger partial charge in [0.15, 0.2) is 0 Å². The van der Waals surface area contributed by atoms with E-state index in [1.807, 2.05) is 0 Å². The van der Waals surface area contributed by atoms with Gasteiger partial charge in [0.25, 0.3) is 0 Å². The number of hydrogen-bond donors (Lipinski definition) is 2. The Morgan fingerprint density at radius 2 is 1.68 bits per heavy atom. The molecule has 0 radical (unpaired) electrons. The molecule has 0 spiro atoms. The summed E-state index contributed by atoms with van der Waals surface area (Å²) < 4.78 is 24.1. The van der Waals surface area contributed by atoms with E-state index in [0.717, 1.165) is 6.26 Å². The van der Waals surface area contributed by atoms with Gasteiger partial charge in [-0.25, -0.2) is 8.42 Å². The molecular weight excluding hydrogens is 294 g/mol. The van der Waals surface area contributed by atoms with Gasteiger partial charge in [0.1, 0.15) is 6.04 Å². The number of carbonyl (C=O) groups is 1. The molecule has 0 aromatic carbocycles. The molecule has 0 aliphatic carbocycles. The van der Waals surface area contributed by atoms with Crippen LogP contribution in [0, 0.1) is 0 Å². The smallest absolute Gasteiger partial charge is 0.322 e. The molecule has 114 valence electrons. The van der Waals surface area contributed by atoms with Crippen molar-refractivity contribution in [1.82, 2.24) is 9.21 Å². The molecule has 0 saturated carbocycles. The Morgan fingerprint density at radius 3 is 1.95 bits per heavy atom. The first kappa shape index (κ1) is 18.6. The van der Waals surface area contributed by atoms with E-state index in [9.17, 15) is 18.3 Å². The number of rotatable bonds is 4. The molecule has 1 aliphatic rings. The molecule has 19 heavy (non-hydrogen) atoms. The van der Waals surface area contributed by atoms with Gasteiger partial charge in [-0.05, 0) is 13.8 Å². The van der Waals surface area contributed by atoms with Crippen molar-refractivity contribution in [3.63, 3.8) is 0 Å². The van der Waals surface area contributed by atoms with Crippen molar-refractivity contribution in [3.8, 4) is 0 Å². The van der Waals surface area contributed by atoms with Crippen molar-refractivity contribution in [2.24, 2.45) is 5.73 Å². The zero-order valence-electron chi connectivity index (χ0n) is 11.4. The number of sulfonamides is 1. The lowest BCUT2D eigenvalue weighted by atomic mass is 9.94. The molecule has 0 bridgehead atoms. The Morgan fingerprint density at radius 1 is 1.26 bits per heavy atom. The van der Waals surface area contributed by atoms with Gasteiger partial charge in [0.05, 0.1) is 6.26 Å². The molecule has 7 nitrogen and oxygen atoms in total. The van der Waals surface area contributed by atoms with Gasteiger partial charge >= 0.3 is 5.97 Å². The average Bonchev–Trinajstić information content (AvgIpc) is 2.13. The Kier molecular flexibility index (Phi) is 6.22. The van der Waals surface area contributed by atoms with E-state index in [0.29, 0.717) is 26.2 Å². The van der Waals surface area contributed by atoms with E-state index in [4.69, 9.17) is 5.73 Å². The minimum Gasteiger partial charge on any atom is -0.480 e. The highest BCUT2D eigenvalue weighted by molar-refractivity contribution is 7.88. The molecule has 0 amide bonds. The van der Waals surface area contributed by atoms with Crippen molar-refractivity contribution in [2.75, 3.05) is 32.4 Å². The minimum atomic E-state index is -3.20. The van der Waals surface area contributed by atoms with E-state index in [-0.39, 0.29) is 12.4 Å².